The maximum Gasteiger partial charge on any atom is 0.315 e. The summed E-state index contributed by atoms with van der Waals surface area (Å²) in [6.45, 7) is 3.21. The lowest BCUT2D eigenvalue weighted by Gasteiger charge is -2.25. The molecule has 1 aliphatic heterocycles. The van der Waals surface area contributed by atoms with Crippen molar-refractivity contribution in [1.29, 1.82) is 0 Å². The summed E-state index contributed by atoms with van der Waals surface area (Å²) in [4.78, 5) is 29.2. The van der Waals surface area contributed by atoms with Crippen molar-refractivity contribution in [2.24, 2.45) is 0 Å². The fraction of sp³-hybridized carbons (Fsp3) is 0.545. The zero-order chi connectivity index (χ0) is 12.3. The molecule has 1 aromatic heterocycles. The minimum Gasteiger partial charge on any atom is -0.334 e. The van der Waals surface area contributed by atoms with Crippen LogP contribution in [0, 0.1) is 6.92 Å². The smallest absolute Gasteiger partial charge is 0.315 e. The van der Waals surface area contributed by atoms with Crippen molar-refractivity contribution in [2.75, 3.05) is 18.4 Å². The molecule has 6 heteroatoms. The lowest BCUT2D eigenvalue weighted by atomic mass is 10.1. The molecule has 17 heavy (non-hydrogen) atoms. The lowest BCUT2D eigenvalue weighted by Crippen LogP contribution is -2.42. The van der Waals surface area contributed by atoms with Crippen LogP contribution >= 0.6 is 11.3 Å². The van der Waals surface area contributed by atoms with Crippen LogP contribution in [-0.4, -0.2) is 34.8 Å². The molecule has 0 aromatic carbocycles. The van der Waals surface area contributed by atoms with Gasteiger partial charge in [0.05, 0.1) is 5.69 Å². The van der Waals surface area contributed by atoms with Crippen LogP contribution in [0.4, 0.5) is 5.13 Å². The van der Waals surface area contributed by atoms with Crippen LogP contribution in [0.3, 0.4) is 0 Å². The first-order valence-electron chi connectivity index (χ1n) is 5.69. The van der Waals surface area contributed by atoms with Crippen molar-refractivity contribution in [3.05, 3.63) is 11.1 Å². The largest absolute Gasteiger partial charge is 0.334 e. The Morgan fingerprint density at radius 2 is 2.06 bits per heavy atom. The third-order valence-electron chi connectivity index (χ3n) is 2.68. The van der Waals surface area contributed by atoms with Crippen LogP contribution in [0.25, 0.3) is 0 Å². The Bertz CT molecular complexity index is 424. The number of hydrogen-bond acceptors (Lipinski definition) is 4. The highest BCUT2D eigenvalue weighted by molar-refractivity contribution is 7.14. The van der Waals surface area contributed by atoms with E-state index in [4.69, 9.17) is 0 Å². The second kappa shape index (κ2) is 5.27. The first-order valence-corrected chi connectivity index (χ1v) is 6.57. The van der Waals surface area contributed by atoms with Gasteiger partial charge in [-0.05, 0) is 26.2 Å². The van der Waals surface area contributed by atoms with Crippen molar-refractivity contribution >= 4 is 28.3 Å². The van der Waals surface area contributed by atoms with E-state index in [0.717, 1.165) is 25.0 Å². The van der Waals surface area contributed by atoms with E-state index in [1.165, 1.54) is 11.3 Å². The molecule has 0 unspecified atom stereocenters. The molecule has 1 aromatic rings. The number of carbonyl (C=O) groups excluding carboxylic acids is 2. The fourth-order valence-electron chi connectivity index (χ4n) is 1.80. The molecule has 2 heterocycles. The quantitative estimate of drug-likeness (QED) is 0.770. The average Bonchev–Trinajstić information content (AvgIpc) is 2.75. The van der Waals surface area contributed by atoms with Crippen LogP contribution in [0.15, 0.2) is 5.38 Å². The summed E-state index contributed by atoms with van der Waals surface area (Å²) in [6, 6.07) is 0. The van der Waals surface area contributed by atoms with Gasteiger partial charge in [-0.1, -0.05) is 0 Å². The van der Waals surface area contributed by atoms with Crippen molar-refractivity contribution in [3.63, 3.8) is 0 Å². The minimum absolute atomic E-state index is 0.447. The number of piperidine rings is 1. The Morgan fingerprint density at radius 3 is 2.65 bits per heavy atom. The summed E-state index contributed by atoms with van der Waals surface area (Å²) in [7, 11) is 0. The molecule has 0 aliphatic carbocycles. The summed E-state index contributed by atoms with van der Waals surface area (Å²) >= 11 is 1.33. The number of rotatable bonds is 1. The third kappa shape index (κ3) is 3.03. The number of anilines is 1. The van der Waals surface area contributed by atoms with Crippen LogP contribution in [-0.2, 0) is 9.59 Å². The van der Waals surface area contributed by atoms with Gasteiger partial charge in [0.1, 0.15) is 0 Å². The van der Waals surface area contributed by atoms with Crippen molar-refractivity contribution in [2.45, 2.75) is 26.2 Å². The van der Waals surface area contributed by atoms with Gasteiger partial charge in [0.15, 0.2) is 5.13 Å². The number of thiazole rings is 1. The van der Waals surface area contributed by atoms with Crippen molar-refractivity contribution in [1.82, 2.24) is 9.88 Å². The van der Waals surface area contributed by atoms with Crippen molar-refractivity contribution in [3.8, 4) is 0 Å². The number of aryl methyl sites for hydroxylation is 1. The van der Waals surface area contributed by atoms with E-state index < -0.39 is 11.8 Å². The van der Waals surface area contributed by atoms with E-state index in [1.807, 2.05) is 12.3 Å². The maximum absolute atomic E-state index is 11.8. The number of hydrogen-bond donors (Lipinski definition) is 1. The van der Waals surface area contributed by atoms with E-state index in [0.29, 0.717) is 18.2 Å². The molecule has 1 aliphatic rings. The zero-order valence-electron chi connectivity index (χ0n) is 9.73. The average molecular weight is 253 g/mol. The van der Waals surface area contributed by atoms with E-state index in [-0.39, 0.29) is 0 Å². The molecule has 0 atom stereocenters. The lowest BCUT2D eigenvalue weighted by molar-refractivity contribution is -0.143. The van der Waals surface area contributed by atoms with Gasteiger partial charge in [-0.3, -0.25) is 14.9 Å². The summed E-state index contributed by atoms with van der Waals surface area (Å²) in [5.74, 6) is -1.03. The molecule has 0 spiro atoms. The predicted molar refractivity (Wildman–Crippen MR) is 65.9 cm³/mol. The second-order valence-corrected chi connectivity index (χ2v) is 4.96. The fourth-order valence-corrected chi connectivity index (χ4v) is 2.49. The summed E-state index contributed by atoms with van der Waals surface area (Å²) < 4.78 is 0. The molecular formula is C11H15N3O2S. The Balaban J connectivity index is 1.92. The number of amides is 2. The molecule has 1 N–H and O–H groups in total. The van der Waals surface area contributed by atoms with Gasteiger partial charge >= 0.3 is 11.8 Å². The minimum atomic E-state index is -0.582. The second-order valence-electron chi connectivity index (χ2n) is 4.10. The zero-order valence-corrected chi connectivity index (χ0v) is 10.5. The maximum atomic E-state index is 11.8. The number of carbonyl (C=O) groups is 2. The van der Waals surface area contributed by atoms with Gasteiger partial charge < -0.3 is 4.90 Å². The van der Waals surface area contributed by atoms with Gasteiger partial charge in [0, 0.05) is 18.5 Å². The molecule has 1 saturated heterocycles. The van der Waals surface area contributed by atoms with E-state index in [2.05, 4.69) is 10.3 Å². The molecule has 5 nitrogen and oxygen atoms in total. The summed E-state index contributed by atoms with van der Waals surface area (Å²) in [5.41, 5.74) is 0.843. The Hall–Kier alpha value is -1.43. The Labute approximate surface area is 104 Å². The molecule has 0 bridgehead atoms. The van der Waals surface area contributed by atoms with Crippen LogP contribution < -0.4 is 5.32 Å². The van der Waals surface area contributed by atoms with Gasteiger partial charge in [-0.15, -0.1) is 11.3 Å². The van der Waals surface area contributed by atoms with Crippen LogP contribution in [0.5, 0.6) is 0 Å². The Morgan fingerprint density at radius 1 is 1.35 bits per heavy atom. The predicted octanol–water partition coefficient (Wildman–Crippen LogP) is 1.40. The summed E-state index contributed by atoms with van der Waals surface area (Å²) in [6.07, 6.45) is 3.10. The van der Waals surface area contributed by atoms with E-state index in [9.17, 15) is 9.59 Å². The monoisotopic (exact) mass is 253 g/mol. The first-order chi connectivity index (χ1) is 8.16. The number of likely N-dealkylation sites (tertiary alicyclic amines) is 1. The molecule has 2 amide bonds. The molecule has 0 radical (unpaired) electrons. The normalized spacial score (nSPS) is 15.7. The van der Waals surface area contributed by atoms with Crippen LogP contribution in [0.2, 0.25) is 0 Å². The topological polar surface area (TPSA) is 62.3 Å². The van der Waals surface area contributed by atoms with Gasteiger partial charge in [0.25, 0.3) is 0 Å². The SMILES string of the molecule is Cc1csc(NC(=O)C(=O)N2CCCCC2)n1. The van der Waals surface area contributed by atoms with Gasteiger partial charge in [-0.25, -0.2) is 4.98 Å². The molecule has 0 saturated carbocycles. The molecule has 1 fully saturated rings. The highest BCUT2D eigenvalue weighted by Gasteiger charge is 2.23. The number of nitrogens with one attached hydrogen (secondary N) is 1. The number of aromatic nitrogens is 1. The third-order valence-corrected chi connectivity index (χ3v) is 3.55. The molecule has 92 valence electrons. The van der Waals surface area contributed by atoms with Crippen LogP contribution in [0.1, 0.15) is 25.0 Å². The van der Waals surface area contributed by atoms with Gasteiger partial charge in [0.2, 0.25) is 0 Å². The molecule has 2 rings (SSSR count). The molecular weight excluding hydrogens is 238 g/mol. The van der Waals surface area contributed by atoms with E-state index >= 15 is 0 Å². The van der Waals surface area contributed by atoms with Gasteiger partial charge in [-0.2, -0.15) is 0 Å². The Kier molecular flexibility index (Phi) is 3.73. The number of nitrogens with zero attached hydrogens (tertiary/aromatic N) is 2. The standard InChI is InChI=1S/C11H15N3O2S/c1-8-7-17-11(12-8)13-9(15)10(16)14-5-3-2-4-6-14/h7H,2-6H2,1H3,(H,12,13,15). The highest BCUT2D eigenvalue weighted by Crippen LogP contribution is 2.15. The van der Waals surface area contributed by atoms with E-state index in [1.54, 1.807) is 4.90 Å². The summed E-state index contributed by atoms with van der Waals surface area (Å²) in [5, 5.41) is 4.86. The first kappa shape index (κ1) is 12.0. The highest BCUT2D eigenvalue weighted by atomic mass is 32.1. The van der Waals surface area contributed by atoms with Crippen molar-refractivity contribution < 1.29 is 9.59 Å².